The molecule has 0 aromatic rings. The van der Waals surface area contributed by atoms with Gasteiger partial charge in [0, 0.05) is 23.8 Å². The second kappa shape index (κ2) is 3.36. The van der Waals surface area contributed by atoms with Crippen molar-refractivity contribution >= 4 is 21.8 Å². The minimum atomic E-state index is 0.378. The van der Waals surface area contributed by atoms with Crippen LogP contribution in [0.4, 0.5) is 0 Å². The molecule has 1 aliphatic heterocycles. The van der Waals surface area contributed by atoms with Gasteiger partial charge in [-0.15, -0.1) is 0 Å². The SMILES string of the molecule is O=C(C1CCC1)N1CCC(Br)C1. The van der Waals surface area contributed by atoms with Gasteiger partial charge in [-0.05, 0) is 19.3 Å². The molecule has 0 aromatic heterocycles. The van der Waals surface area contributed by atoms with Crippen LogP contribution >= 0.6 is 15.9 Å². The van der Waals surface area contributed by atoms with Crippen molar-refractivity contribution in [3.05, 3.63) is 0 Å². The van der Waals surface area contributed by atoms with E-state index in [1.807, 2.05) is 4.90 Å². The fourth-order valence-corrected chi connectivity index (χ4v) is 2.39. The summed E-state index contributed by atoms with van der Waals surface area (Å²) in [4.78, 5) is 14.2. The van der Waals surface area contributed by atoms with Gasteiger partial charge >= 0.3 is 0 Å². The van der Waals surface area contributed by atoms with Crippen molar-refractivity contribution in [1.29, 1.82) is 0 Å². The van der Waals surface area contributed by atoms with E-state index in [1.165, 1.54) is 6.42 Å². The summed E-state index contributed by atoms with van der Waals surface area (Å²) < 4.78 is 0. The molecule has 68 valence electrons. The maximum atomic E-state index is 11.7. The molecule has 1 heterocycles. The van der Waals surface area contributed by atoms with Gasteiger partial charge in [0.15, 0.2) is 0 Å². The van der Waals surface area contributed by atoms with Gasteiger partial charge < -0.3 is 4.90 Å². The molecule has 2 fully saturated rings. The van der Waals surface area contributed by atoms with Gasteiger partial charge in [-0.3, -0.25) is 4.79 Å². The first-order valence-corrected chi connectivity index (χ1v) is 5.62. The highest BCUT2D eigenvalue weighted by molar-refractivity contribution is 9.09. The normalized spacial score (nSPS) is 30.4. The number of likely N-dealkylation sites (tertiary alicyclic amines) is 1. The smallest absolute Gasteiger partial charge is 0.225 e. The second-order valence-corrected chi connectivity index (χ2v) is 5.09. The number of hydrogen-bond donors (Lipinski definition) is 0. The third kappa shape index (κ3) is 1.51. The Balaban J connectivity index is 1.87. The van der Waals surface area contributed by atoms with Crippen LogP contribution in [0, 0.1) is 5.92 Å². The van der Waals surface area contributed by atoms with Gasteiger partial charge in [0.1, 0.15) is 0 Å². The molecular weight excluding hydrogens is 218 g/mol. The second-order valence-electron chi connectivity index (χ2n) is 3.80. The van der Waals surface area contributed by atoms with Crippen molar-refractivity contribution in [2.75, 3.05) is 13.1 Å². The first kappa shape index (κ1) is 8.54. The van der Waals surface area contributed by atoms with E-state index in [0.717, 1.165) is 32.4 Å². The van der Waals surface area contributed by atoms with Crippen molar-refractivity contribution in [2.45, 2.75) is 30.5 Å². The summed E-state index contributed by atoms with van der Waals surface area (Å²) >= 11 is 3.54. The van der Waals surface area contributed by atoms with E-state index in [2.05, 4.69) is 15.9 Å². The van der Waals surface area contributed by atoms with E-state index in [1.54, 1.807) is 0 Å². The molecule has 0 N–H and O–H groups in total. The fraction of sp³-hybridized carbons (Fsp3) is 0.889. The summed E-state index contributed by atoms with van der Waals surface area (Å²) in [5.74, 6) is 0.783. The molecule has 2 aliphatic rings. The molecule has 0 bridgehead atoms. The van der Waals surface area contributed by atoms with E-state index in [9.17, 15) is 4.79 Å². The number of alkyl halides is 1. The summed E-state index contributed by atoms with van der Waals surface area (Å²) in [6, 6.07) is 0. The number of carbonyl (C=O) groups excluding carboxylic acids is 1. The summed E-state index contributed by atoms with van der Waals surface area (Å²) in [6.45, 7) is 1.89. The van der Waals surface area contributed by atoms with Crippen molar-refractivity contribution in [3.8, 4) is 0 Å². The quantitative estimate of drug-likeness (QED) is 0.631. The van der Waals surface area contributed by atoms with Gasteiger partial charge in [0.2, 0.25) is 5.91 Å². The van der Waals surface area contributed by atoms with E-state index in [-0.39, 0.29) is 0 Å². The molecule has 3 heteroatoms. The zero-order valence-electron chi connectivity index (χ0n) is 7.13. The molecule has 2 nitrogen and oxygen atoms in total. The van der Waals surface area contributed by atoms with Crippen LogP contribution in [0.2, 0.25) is 0 Å². The fourth-order valence-electron chi connectivity index (χ4n) is 1.83. The molecule has 12 heavy (non-hydrogen) atoms. The van der Waals surface area contributed by atoms with Crippen molar-refractivity contribution in [1.82, 2.24) is 4.90 Å². The summed E-state index contributed by atoms with van der Waals surface area (Å²) in [5.41, 5.74) is 0. The zero-order valence-corrected chi connectivity index (χ0v) is 8.72. The molecule has 0 aromatic carbocycles. The third-order valence-electron chi connectivity index (χ3n) is 2.90. The van der Waals surface area contributed by atoms with Crippen LogP contribution in [-0.2, 0) is 4.79 Å². The average Bonchev–Trinajstić information content (AvgIpc) is 2.31. The number of nitrogens with zero attached hydrogens (tertiary/aromatic N) is 1. The maximum Gasteiger partial charge on any atom is 0.225 e. The Morgan fingerprint density at radius 3 is 2.50 bits per heavy atom. The molecule has 0 radical (unpaired) electrons. The van der Waals surface area contributed by atoms with Crippen LogP contribution in [0.3, 0.4) is 0 Å². The number of hydrogen-bond acceptors (Lipinski definition) is 1. The molecule has 1 saturated heterocycles. The Hall–Kier alpha value is -0.0500. The molecule has 1 atom stereocenters. The minimum absolute atomic E-state index is 0.378. The molecular formula is C9H14BrNO. The van der Waals surface area contributed by atoms with Gasteiger partial charge in [-0.25, -0.2) is 0 Å². The first-order valence-electron chi connectivity index (χ1n) is 4.70. The zero-order chi connectivity index (χ0) is 8.55. The van der Waals surface area contributed by atoms with Crippen molar-refractivity contribution < 1.29 is 4.79 Å². The average molecular weight is 232 g/mol. The molecule has 1 aliphatic carbocycles. The van der Waals surface area contributed by atoms with Crippen LogP contribution in [0.1, 0.15) is 25.7 Å². The number of carbonyl (C=O) groups is 1. The Labute approximate surface area is 81.4 Å². The number of amides is 1. The van der Waals surface area contributed by atoms with Crippen LogP contribution in [0.15, 0.2) is 0 Å². The highest BCUT2D eigenvalue weighted by atomic mass is 79.9. The Bertz CT molecular complexity index is 191. The van der Waals surface area contributed by atoms with E-state index >= 15 is 0 Å². The van der Waals surface area contributed by atoms with E-state index in [4.69, 9.17) is 0 Å². The monoisotopic (exact) mass is 231 g/mol. The molecule has 1 unspecified atom stereocenters. The Morgan fingerprint density at radius 1 is 1.33 bits per heavy atom. The van der Waals surface area contributed by atoms with E-state index in [0.29, 0.717) is 16.7 Å². The van der Waals surface area contributed by atoms with Gasteiger partial charge in [-0.2, -0.15) is 0 Å². The lowest BCUT2D eigenvalue weighted by Crippen LogP contribution is -2.37. The lowest BCUT2D eigenvalue weighted by molar-refractivity contribution is -0.136. The lowest BCUT2D eigenvalue weighted by atomic mass is 9.84. The molecule has 0 spiro atoms. The lowest BCUT2D eigenvalue weighted by Gasteiger charge is -2.28. The van der Waals surface area contributed by atoms with Crippen molar-refractivity contribution in [3.63, 3.8) is 0 Å². The van der Waals surface area contributed by atoms with Crippen LogP contribution in [0.5, 0.6) is 0 Å². The minimum Gasteiger partial charge on any atom is -0.341 e. The standard InChI is InChI=1S/C9H14BrNO/c10-8-4-5-11(6-8)9(12)7-2-1-3-7/h7-8H,1-6H2. The topological polar surface area (TPSA) is 20.3 Å². The first-order chi connectivity index (χ1) is 5.77. The summed E-state index contributed by atoms with van der Waals surface area (Å²) in [6.07, 6.45) is 4.63. The maximum absolute atomic E-state index is 11.7. The van der Waals surface area contributed by atoms with Crippen LogP contribution in [-0.4, -0.2) is 28.7 Å². The van der Waals surface area contributed by atoms with Crippen LogP contribution in [0.25, 0.3) is 0 Å². The van der Waals surface area contributed by atoms with Gasteiger partial charge in [0.25, 0.3) is 0 Å². The summed E-state index contributed by atoms with van der Waals surface area (Å²) in [5, 5.41) is 0. The Morgan fingerprint density at radius 2 is 2.08 bits per heavy atom. The predicted molar refractivity (Wildman–Crippen MR) is 51.3 cm³/mol. The van der Waals surface area contributed by atoms with Crippen LogP contribution < -0.4 is 0 Å². The van der Waals surface area contributed by atoms with E-state index < -0.39 is 0 Å². The summed E-state index contributed by atoms with van der Waals surface area (Å²) in [7, 11) is 0. The number of rotatable bonds is 1. The van der Waals surface area contributed by atoms with Crippen molar-refractivity contribution in [2.24, 2.45) is 5.92 Å². The molecule has 2 rings (SSSR count). The molecule has 1 saturated carbocycles. The predicted octanol–water partition coefficient (Wildman–Crippen LogP) is 1.78. The largest absolute Gasteiger partial charge is 0.341 e. The third-order valence-corrected chi connectivity index (χ3v) is 3.64. The van der Waals surface area contributed by atoms with Gasteiger partial charge in [-0.1, -0.05) is 22.4 Å². The van der Waals surface area contributed by atoms with Gasteiger partial charge in [0.05, 0.1) is 0 Å². The Kier molecular flexibility index (Phi) is 2.40. The number of halogens is 1. The molecule has 1 amide bonds. The highest BCUT2D eigenvalue weighted by Gasteiger charge is 2.32. The highest BCUT2D eigenvalue weighted by Crippen LogP contribution is 2.30.